The summed E-state index contributed by atoms with van der Waals surface area (Å²) < 4.78 is 11.0. The number of hydrogen-bond donors (Lipinski definition) is 1. The maximum Gasteiger partial charge on any atom is 0.232 e. The van der Waals surface area contributed by atoms with E-state index in [4.69, 9.17) is 21.1 Å². The van der Waals surface area contributed by atoms with Gasteiger partial charge in [-0.05, 0) is 46.2 Å². The lowest BCUT2D eigenvalue weighted by Gasteiger charge is -2.20. The highest BCUT2D eigenvalue weighted by Crippen LogP contribution is 2.23. The molecule has 0 aliphatic heterocycles. The van der Waals surface area contributed by atoms with Crippen LogP contribution in [0.3, 0.4) is 0 Å². The number of nitrogens with one attached hydrogen (secondary N) is 1. The van der Waals surface area contributed by atoms with Crippen LogP contribution in [0.25, 0.3) is 0 Å². The van der Waals surface area contributed by atoms with Crippen molar-refractivity contribution in [1.29, 1.82) is 0 Å². The van der Waals surface area contributed by atoms with E-state index in [1.807, 2.05) is 19.9 Å². The van der Waals surface area contributed by atoms with Crippen LogP contribution in [0, 0.1) is 0 Å². The summed E-state index contributed by atoms with van der Waals surface area (Å²) in [5, 5.41) is 3.92. The standard InChI is InChI=1S/C15H25ClN2O2/c1-6-19-10-11(2)20-14-13(16)7-12(8-17-14)9-18-15(3,4)5/h7-8,11,18H,6,9-10H2,1-5H3. The Bertz CT molecular complexity index is 419. The Balaban J connectivity index is 2.59. The molecular weight excluding hydrogens is 276 g/mol. The summed E-state index contributed by atoms with van der Waals surface area (Å²) >= 11 is 6.20. The first kappa shape index (κ1) is 17.2. The highest BCUT2D eigenvalue weighted by atomic mass is 35.5. The van der Waals surface area contributed by atoms with Crippen molar-refractivity contribution < 1.29 is 9.47 Å². The smallest absolute Gasteiger partial charge is 0.232 e. The first-order valence-corrected chi connectivity index (χ1v) is 7.33. The maximum atomic E-state index is 6.20. The third-order valence-electron chi connectivity index (χ3n) is 2.56. The molecule has 1 N–H and O–H groups in total. The van der Waals surface area contributed by atoms with Gasteiger partial charge in [0.2, 0.25) is 5.88 Å². The number of halogens is 1. The van der Waals surface area contributed by atoms with Gasteiger partial charge in [-0.3, -0.25) is 0 Å². The lowest BCUT2D eigenvalue weighted by atomic mass is 10.1. The zero-order valence-corrected chi connectivity index (χ0v) is 13.8. The fraction of sp³-hybridized carbons (Fsp3) is 0.667. The monoisotopic (exact) mass is 300 g/mol. The van der Waals surface area contributed by atoms with E-state index in [2.05, 4.69) is 31.1 Å². The molecule has 5 heteroatoms. The van der Waals surface area contributed by atoms with E-state index in [9.17, 15) is 0 Å². The fourth-order valence-corrected chi connectivity index (χ4v) is 1.76. The molecule has 1 atom stereocenters. The molecule has 0 saturated carbocycles. The Morgan fingerprint density at radius 3 is 2.65 bits per heavy atom. The van der Waals surface area contributed by atoms with Gasteiger partial charge in [-0.25, -0.2) is 4.98 Å². The average Bonchev–Trinajstić information content (AvgIpc) is 2.36. The molecule has 4 nitrogen and oxygen atoms in total. The molecule has 0 fully saturated rings. The Morgan fingerprint density at radius 2 is 2.10 bits per heavy atom. The van der Waals surface area contributed by atoms with Gasteiger partial charge < -0.3 is 14.8 Å². The van der Waals surface area contributed by atoms with E-state index >= 15 is 0 Å². The highest BCUT2D eigenvalue weighted by Gasteiger charge is 2.12. The molecule has 0 radical (unpaired) electrons. The summed E-state index contributed by atoms with van der Waals surface area (Å²) in [4.78, 5) is 4.28. The van der Waals surface area contributed by atoms with Gasteiger partial charge >= 0.3 is 0 Å². The van der Waals surface area contributed by atoms with E-state index in [-0.39, 0.29) is 11.6 Å². The van der Waals surface area contributed by atoms with Gasteiger partial charge in [-0.1, -0.05) is 11.6 Å². The summed E-state index contributed by atoms with van der Waals surface area (Å²) in [5.74, 6) is 0.457. The van der Waals surface area contributed by atoms with Gasteiger partial charge in [-0.2, -0.15) is 0 Å². The quantitative estimate of drug-likeness (QED) is 0.838. The van der Waals surface area contributed by atoms with Crippen LogP contribution in [-0.4, -0.2) is 29.8 Å². The summed E-state index contributed by atoms with van der Waals surface area (Å²) in [6.07, 6.45) is 1.71. The van der Waals surface area contributed by atoms with E-state index < -0.39 is 0 Å². The molecule has 0 saturated heterocycles. The van der Waals surface area contributed by atoms with Crippen molar-refractivity contribution in [3.63, 3.8) is 0 Å². The molecule has 1 aromatic heterocycles. The number of rotatable bonds is 7. The number of aromatic nitrogens is 1. The summed E-state index contributed by atoms with van der Waals surface area (Å²) in [5.41, 5.74) is 1.10. The topological polar surface area (TPSA) is 43.4 Å². The van der Waals surface area contributed by atoms with E-state index in [1.165, 1.54) is 0 Å². The van der Waals surface area contributed by atoms with Crippen molar-refractivity contribution in [2.24, 2.45) is 0 Å². The second-order valence-electron chi connectivity index (χ2n) is 5.82. The zero-order valence-electron chi connectivity index (χ0n) is 13.0. The van der Waals surface area contributed by atoms with Crippen molar-refractivity contribution in [3.05, 3.63) is 22.8 Å². The Kier molecular flexibility index (Phi) is 6.72. The van der Waals surface area contributed by atoms with Crippen molar-refractivity contribution >= 4 is 11.6 Å². The Morgan fingerprint density at radius 1 is 1.40 bits per heavy atom. The van der Waals surface area contributed by atoms with Crippen LogP contribution in [0.15, 0.2) is 12.3 Å². The third-order valence-corrected chi connectivity index (χ3v) is 2.83. The van der Waals surface area contributed by atoms with Gasteiger partial charge in [0.25, 0.3) is 0 Å². The Labute approximate surface area is 126 Å². The summed E-state index contributed by atoms with van der Waals surface area (Å²) in [6, 6.07) is 1.88. The van der Waals surface area contributed by atoms with Crippen LogP contribution < -0.4 is 10.1 Å². The largest absolute Gasteiger partial charge is 0.471 e. The molecule has 0 aliphatic carbocycles. The second-order valence-corrected chi connectivity index (χ2v) is 6.23. The van der Waals surface area contributed by atoms with Crippen LogP contribution in [0.4, 0.5) is 0 Å². The molecule has 0 bridgehead atoms. The maximum absolute atomic E-state index is 6.20. The molecule has 0 amide bonds. The molecule has 0 spiro atoms. The lowest BCUT2D eigenvalue weighted by Crippen LogP contribution is -2.35. The van der Waals surface area contributed by atoms with Crippen molar-refractivity contribution in [2.75, 3.05) is 13.2 Å². The predicted molar refractivity (Wildman–Crippen MR) is 82.4 cm³/mol. The predicted octanol–water partition coefficient (Wildman–Crippen LogP) is 3.43. The average molecular weight is 301 g/mol. The van der Waals surface area contributed by atoms with E-state index in [0.29, 0.717) is 24.1 Å². The van der Waals surface area contributed by atoms with Crippen LogP contribution in [0.5, 0.6) is 5.88 Å². The van der Waals surface area contributed by atoms with E-state index in [0.717, 1.165) is 12.1 Å². The molecule has 1 aromatic rings. The second kappa shape index (κ2) is 7.81. The molecular formula is C15H25ClN2O2. The minimum Gasteiger partial charge on any atom is -0.471 e. The van der Waals surface area contributed by atoms with Gasteiger partial charge in [0.1, 0.15) is 11.1 Å². The van der Waals surface area contributed by atoms with Crippen molar-refractivity contribution in [1.82, 2.24) is 10.3 Å². The molecule has 114 valence electrons. The SMILES string of the molecule is CCOCC(C)Oc1ncc(CNC(C)(C)C)cc1Cl. The van der Waals surface area contributed by atoms with Crippen LogP contribution in [-0.2, 0) is 11.3 Å². The van der Waals surface area contributed by atoms with Gasteiger partial charge in [0.05, 0.1) is 6.61 Å². The normalized spacial score (nSPS) is 13.3. The van der Waals surface area contributed by atoms with Crippen LogP contribution >= 0.6 is 11.6 Å². The fourth-order valence-electron chi connectivity index (χ4n) is 1.52. The molecule has 20 heavy (non-hydrogen) atoms. The first-order chi connectivity index (χ1) is 9.31. The minimum absolute atomic E-state index is 0.0631. The zero-order chi connectivity index (χ0) is 15.2. The Hall–Kier alpha value is -0.840. The minimum atomic E-state index is -0.0708. The molecule has 1 unspecified atom stereocenters. The van der Waals surface area contributed by atoms with Gasteiger partial charge in [0, 0.05) is 24.9 Å². The van der Waals surface area contributed by atoms with Crippen molar-refractivity contribution in [2.45, 2.75) is 52.8 Å². The highest BCUT2D eigenvalue weighted by molar-refractivity contribution is 6.31. The molecule has 0 aromatic carbocycles. The lowest BCUT2D eigenvalue weighted by molar-refractivity contribution is 0.0634. The van der Waals surface area contributed by atoms with Crippen LogP contribution in [0.2, 0.25) is 5.02 Å². The van der Waals surface area contributed by atoms with E-state index in [1.54, 1.807) is 6.20 Å². The number of ether oxygens (including phenoxy) is 2. The number of nitrogens with zero attached hydrogens (tertiary/aromatic N) is 1. The van der Waals surface area contributed by atoms with Crippen molar-refractivity contribution in [3.8, 4) is 5.88 Å². The van der Waals surface area contributed by atoms with Gasteiger partial charge in [0.15, 0.2) is 0 Å². The van der Waals surface area contributed by atoms with Gasteiger partial charge in [-0.15, -0.1) is 0 Å². The first-order valence-electron chi connectivity index (χ1n) is 6.95. The van der Waals surface area contributed by atoms with Crippen LogP contribution in [0.1, 0.15) is 40.2 Å². The molecule has 0 aliphatic rings. The molecule has 1 heterocycles. The summed E-state index contributed by atoms with van der Waals surface area (Å²) in [6.45, 7) is 12.2. The summed E-state index contributed by atoms with van der Waals surface area (Å²) in [7, 11) is 0. The third kappa shape index (κ3) is 6.55. The molecule has 1 rings (SSSR count). The number of hydrogen-bond acceptors (Lipinski definition) is 4. The number of pyridine rings is 1.